The molecule has 0 unspecified atom stereocenters. The molecule has 2 N–H and O–H groups in total. The van der Waals surface area contributed by atoms with Crippen molar-refractivity contribution in [3.8, 4) is 17.2 Å². The van der Waals surface area contributed by atoms with Crippen LogP contribution in [0, 0.1) is 10.5 Å². The van der Waals surface area contributed by atoms with Gasteiger partial charge < -0.3 is 14.5 Å². The lowest BCUT2D eigenvalue weighted by Crippen LogP contribution is -2.34. The molecule has 0 fully saturated rings. The molecular weight excluding hydrogens is 525 g/mol. The van der Waals surface area contributed by atoms with Crippen molar-refractivity contribution in [2.24, 2.45) is 0 Å². The maximum Gasteiger partial charge on any atom is 0.258 e. The molecule has 8 heteroatoms. The van der Waals surface area contributed by atoms with Crippen LogP contribution in [0.1, 0.15) is 15.9 Å². The van der Waals surface area contributed by atoms with E-state index in [1.165, 1.54) is 0 Å². The minimum atomic E-state index is -0.260. The van der Waals surface area contributed by atoms with Gasteiger partial charge in [-0.2, -0.15) is 0 Å². The SMILES string of the molecule is COc1ccc2oc(-c3ccc(C)c(NC(=S)NC(=O)c4ccccc4I)c3)nc2c1. The Labute approximate surface area is 198 Å². The van der Waals surface area contributed by atoms with Gasteiger partial charge in [0.15, 0.2) is 10.7 Å². The number of carbonyl (C=O) groups is 1. The van der Waals surface area contributed by atoms with Crippen molar-refractivity contribution in [3.63, 3.8) is 0 Å². The Bertz CT molecular complexity index is 1300. The summed E-state index contributed by atoms with van der Waals surface area (Å²) in [6, 6.07) is 18.6. The van der Waals surface area contributed by atoms with E-state index in [2.05, 4.69) is 38.2 Å². The van der Waals surface area contributed by atoms with Gasteiger partial charge in [0, 0.05) is 20.9 Å². The topological polar surface area (TPSA) is 76.4 Å². The van der Waals surface area contributed by atoms with Gasteiger partial charge in [-0.25, -0.2) is 4.98 Å². The highest BCUT2D eigenvalue weighted by Gasteiger charge is 2.14. The Hall–Kier alpha value is -2.98. The molecule has 0 aliphatic carbocycles. The van der Waals surface area contributed by atoms with Gasteiger partial charge in [0.1, 0.15) is 11.3 Å². The maximum atomic E-state index is 12.5. The number of benzene rings is 3. The summed E-state index contributed by atoms with van der Waals surface area (Å²) < 4.78 is 12.0. The van der Waals surface area contributed by atoms with Gasteiger partial charge >= 0.3 is 0 Å². The number of carbonyl (C=O) groups excluding carboxylic acids is 1. The number of thiocarbonyl (C=S) groups is 1. The van der Waals surface area contributed by atoms with E-state index in [0.29, 0.717) is 28.3 Å². The predicted octanol–water partition coefficient (Wildman–Crippen LogP) is 5.54. The molecule has 3 aromatic carbocycles. The standard InChI is InChI=1S/C23H18IN3O3S/c1-13-7-8-14(22-25-19-12-15(29-2)9-10-20(19)30-22)11-18(13)26-23(31)27-21(28)16-5-3-4-6-17(16)24/h3-12H,1-2H3,(H2,26,27,28,31). The number of aryl methyl sites for hydroxylation is 1. The zero-order valence-corrected chi connectivity index (χ0v) is 19.7. The third-order valence-corrected chi connectivity index (χ3v) is 5.82. The number of methoxy groups -OCH3 is 1. The van der Waals surface area contributed by atoms with Crippen molar-refractivity contribution < 1.29 is 13.9 Å². The fourth-order valence-corrected chi connectivity index (χ4v) is 3.85. The highest BCUT2D eigenvalue weighted by Crippen LogP contribution is 2.29. The van der Waals surface area contributed by atoms with E-state index in [4.69, 9.17) is 21.4 Å². The quantitative estimate of drug-likeness (QED) is 0.260. The normalized spacial score (nSPS) is 10.7. The number of ether oxygens (including phenoxy) is 1. The van der Waals surface area contributed by atoms with E-state index in [1.54, 1.807) is 13.2 Å². The third-order valence-electron chi connectivity index (χ3n) is 4.67. The fraction of sp³-hybridized carbons (Fsp3) is 0.0870. The molecule has 0 radical (unpaired) electrons. The van der Waals surface area contributed by atoms with E-state index >= 15 is 0 Å². The second kappa shape index (κ2) is 9.03. The lowest BCUT2D eigenvalue weighted by atomic mass is 10.1. The molecule has 0 aliphatic rings. The number of hydrogen-bond acceptors (Lipinski definition) is 5. The summed E-state index contributed by atoms with van der Waals surface area (Å²) in [4.78, 5) is 17.1. The van der Waals surface area contributed by atoms with E-state index in [9.17, 15) is 4.79 Å². The van der Waals surface area contributed by atoms with Crippen molar-refractivity contribution in [1.82, 2.24) is 10.3 Å². The number of rotatable bonds is 4. The number of oxazole rings is 1. The minimum Gasteiger partial charge on any atom is -0.497 e. The molecule has 1 amide bonds. The van der Waals surface area contributed by atoms with Gasteiger partial charge in [-0.05, 0) is 83.7 Å². The van der Waals surface area contributed by atoms with Crippen LogP contribution in [0.2, 0.25) is 0 Å². The molecule has 0 aliphatic heterocycles. The zero-order valence-electron chi connectivity index (χ0n) is 16.7. The summed E-state index contributed by atoms with van der Waals surface area (Å²) in [6.07, 6.45) is 0. The Morgan fingerprint density at radius 1 is 1.13 bits per heavy atom. The van der Waals surface area contributed by atoms with E-state index in [-0.39, 0.29) is 11.0 Å². The first-order valence-electron chi connectivity index (χ1n) is 9.37. The summed E-state index contributed by atoms with van der Waals surface area (Å²) in [6.45, 7) is 1.95. The highest BCUT2D eigenvalue weighted by molar-refractivity contribution is 14.1. The van der Waals surface area contributed by atoms with Gasteiger partial charge in [-0.3, -0.25) is 10.1 Å². The first kappa shape index (κ1) is 21.3. The smallest absolute Gasteiger partial charge is 0.258 e. The largest absolute Gasteiger partial charge is 0.497 e. The number of nitrogens with one attached hydrogen (secondary N) is 2. The van der Waals surface area contributed by atoms with Crippen molar-refractivity contribution in [2.75, 3.05) is 12.4 Å². The van der Waals surface area contributed by atoms with Gasteiger partial charge in [-0.15, -0.1) is 0 Å². The Morgan fingerprint density at radius 3 is 2.71 bits per heavy atom. The average Bonchev–Trinajstić information content (AvgIpc) is 3.18. The third kappa shape index (κ3) is 4.70. The van der Waals surface area contributed by atoms with Crippen molar-refractivity contribution in [1.29, 1.82) is 0 Å². The van der Waals surface area contributed by atoms with E-state index < -0.39 is 0 Å². The van der Waals surface area contributed by atoms with Crippen LogP contribution >= 0.6 is 34.8 Å². The van der Waals surface area contributed by atoms with Crippen LogP contribution in [0.5, 0.6) is 5.75 Å². The maximum absolute atomic E-state index is 12.5. The van der Waals surface area contributed by atoms with Gasteiger partial charge in [0.05, 0.1) is 12.7 Å². The molecule has 0 saturated heterocycles. The van der Waals surface area contributed by atoms with Crippen molar-refractivity contribution in [2.45, 2.75) is 6.92 Å². The Balaban J connectivity index is 1.55. The predicted molar refractivity (Wildman–Crippen MR) is 134 cm³/mol. The number of amides is 1. The van der Waals surface area contributed by atoms with Crippen molar-refractivity contribution in [3.05, 3.63) is 75.4 Å². The number of nitrogens with zero attached hydrogens (tertiary/aromatic N) is 1. The first-order valence-corrected chi connectivity index (χ1v) is 10.9. The number of fused-ring (bicyclic) bond motifs is 1. The molecule has 0 atom stereocenters. The number of halogens is 1. The lowest BCUT2D eigenvalue weighted by molar-refractivity contribution is 0.0977. The van der Waals surface area contributed by atoms with Crippen LogP contribution in [0.4, 0.5) is 5.69 Å². The van der Waals surface area contributed by atoms with Crippen LogP contribution in [0.15, 0.2) is 65.1 Å². The molecule has 31 heavy (non-hydrogen) atoms. The summed E-state index contributed by atoms with van der Waals surface area (Å²) >= 11 is 7.48. The number of hydrogen-bond donors (Lipinski definition) is 2. The van der Waals surface area contributed by atoms with Gasteiger partial charge in [0.2, 0.25) is 5.89 Å². The highest BCUT2D eigenvalue weighted by atomic mass is 127. The van der Waals surface area contributed by atoms with Gasteiger partial charge in [0.25, 0.3) is 5.91 Å². The van der Waals surface area contributed by atoms with Crippen LogP contribution in [0.3, 0.4) is 0 Å². The fourth-order valence-electron chi connectivity index (χ4n) is 3.02. The van der Waals surface area contributed by atoms with Crippen LogP contribution < -0.4 is 15.4 Å². The molecule has 6 nitrogen and oxygen atoms in total. The number of anilines is 1. The molecule has 0 bridgehead atoms. The molecule has 0 spiro atoms. The molecule has 1 heterocycles. The molecule has 0 saturated carbocycles. The average molecular weight is 543 g/mol. The molecule has 1 aromatic heterocycles. The minimum absolute atomic E-state index is 0.215. The van der Waals surface area contributed by atoms with Crippen LogP contribution in [-0.2, 0) is 0 Å². The molecule has 156 valence electrons. The molecular formula is C23H18IN3O3S. The summed E-state index contributed by atoms with van der Waals surface area (Å²) in [7, 11) is 1.61. The summed E-state index contributed by atoms with van der Waals surface area (Å²) in [5.74, 6) is 0.942. The summed E-state index contributed by atoms with van der Waals surface area (Å²) in [5, 5.41) is 6.04. The monoisotopic (exact) mass is 543 g/mol. The summed E-state index contributed by atoms with van der Waals surface area (Å²) in [5.41, 5.74) is 4.46. The van der Waals surface area contributed by atoms with Crippen LogP contribution in [0.25, 0.3) is 22.6 Å². The molecule has 4 aromatic rings. The Morgan fingerprint density at radius 2 is 1.94 bits per heavy atom. The second-order valence-corrected chi connectivity index (χ2v) is 8.34. The first-order chi connectivity index (χ1) is 14.9. The number of aromatic nitrogens is 1. The van der Waals surface area contributed by atoms with Crippen LogP contribution in [-0.4, -0.2) is 23.1 Å². The molecule has 4 rings (SSSR count). The van der Waals surface area contributed by atoms with Gasteiger partial charge in [-0.1, -0.05) is 18.2 Å². The van der Waals surface area contributed by atoms with E-state index in [0.717, 1.165) is 20.4 Å². The Kier molecular flexibility index (Phi) is 6.19. The van der Waals surface area contributed by atoms with E-state index in [1.807, 2.05) is 61.5 Å². The lowest BCUT2D eigenvalue weighted by Gasteiger charge is -2.13. The van der Waals surface area contributed by atoms with Crippen molar-refractivity contribution >= 4 is 62.6 Å². The zero-order chi connectivity index (χ0) is 22.0. The second-order valence-electron chi connectivity index (χ2n) is 6.77.